The summed E-state index contributed by atoms with van der Waals surface area (Å²) in [6.45, 7) is 5.78. The summed E-state index contributed by atoms with van der Waals surface area (Å²) in [5.74, 6) is 5.47. The van der Waals surface area contributed by atoms with Gasteiger partial charge in [-0.15, -0.1) is 0 Å². The summed E-state index contributed by atoms with van der Waals surface area (Å²) in [4.78, 5) is 10.4. The van der Waals surface area contributed by atoms with Crippen LogP contribution in [0.2, 0.25) is 0 Å². The van der Waals surface area contributed by atoms with Gasteiger partial charge in [0.15, 0.2) is 0 Å². The van der Waals surface area contributed by atoms with Crippen LogP contribution in [0.15, 0.2) is 12.4 Å². The van der Waals surface area contributed by atoms with Gasteiger partial charge < -0.3 is 16.1 Å². The molecule has 5 nitrogen and oxygen atoms in total. The van der Waals surface area contributed by atoms with Crippen LogP contribution in [0, 0.1) is 0 Å². The van der Waals surface area contributed by atoms with Gasteiger partial charge in [0.2, 0.25) is 0 Å². The van der Waals surface area contributed by atoms with Crippen LogP contribution in [0.3, 0.4) is 0 Å². The van der Waals surface area contributed by atoms with E-state index in [0.717, 1.165) is 25.9 Å². The van der Waals surface area contributed by atoms with Crippen molar-refractivity contribution in [1.29, 1.82) is 0 Å². The van der Waals surface area contributed by atoms with E-state index in [1.807, 2.05) is 13.8 Å². The molecule has 0 amide bonds. The highest BCUT2D eigenvalue weighted by Crippen LogP contribution is 1.91. The monoisotopic (exact) mass is 216 g/mol. The lowest BCUT2D eigenvalue weighted by molar-refractivity contribution is -0.119. The molecular weight excluding hydrogens is 192 g/mol. The molecule has 15 heavy (non-hydrogen) atoms. The fourth-order valence-electron chi connectivity index (χ4n) is 0.841. The van der Waals surface area contributed by atoms with Gasteiger partial charge in [-0.1, -0.05) is 13.8 Å². The average Bonchev–Trinajstić information content (AvgIpc) is 2.22. The molecule has 0 atom stereocenters. The molecule has 1 aliphatic heterocycles. The third-order valence-electron chi connectivity index (χ3n) is 1.48. The summed E-state index contributed by atoms with van der Waals surface area (Å²) in [5.41, 5.74) is 4.93. The Kier molecular flexibility index (Phi) is 14.1. The van der Waals surface area contributed by atoms with E-state index in [-0.39, 0.29) is 0 Å². The van der Waals surface area contributed by atoms with Gasteiger partial charge >= 0.3 is 0 Å². The van der Waals surface area contributed by atoms with Crippen molar-refractivity contribution in [3.8, 4) is 0 Å². The topological polar surface area (TPSA) is 84.4 Å². The highest BCUT2D eigenvalue weighted by atomic mass is 16.1. The van der Waals surface area contributed by atoms with Gasteiger partial charge in [-0.05, 0) is 0 Å². The number of hydrogen-bond donors (Lipinski definition) is 3. The lowest BCUT2D eigenvalue weighted by Crippen LogP contribution is -2.27. The Bertz CT molecular complexity index is 161. The zero-order chi connectivity index (χ0) is 12.1. The summed E-state index contributed by atoms with van der Waals surface area (Å²) in [7, 11) is 1.70. The molecular formula is C10H24N4O. The molecule has 0 aromatic carbocycles. The van der Waals surface area contributed by atoms with Crippen molar-refractivity contribution in [3.63, 3.8) is 0 Å². The smallest absolute Gasteiger partial charge is 0.135 e. The number of nitrogens with one attached hydrogen (secondary N) is 1. The van der Waals surface area contributed by atoms with Crippen LogP contribution < -0.4 is 16.9 Å². The molecule has 1 heterocycles. The van der Waals surface area contributed by atoms with E-state index < -0.39 is 0 Å². The Morgan fingerprint density at radius 1 is 1.33 bits per heavy atom. The van der Waals surface area contributed by atoms with Crippen LogP contribution in [0.4, 0.5) is 0 Å². The SMILES string of the molecule is CC.CN(N)/C=C\N.O=C1CCNCC1. The number of hydrazine groups is 1. The number of rotatable bonds is 1. The van der Waals surface area contributed by atoms with Gasteiger partial charge in [0, 0.05) is 45.4 Å². The largest absolute Gasteiger partial charge is 0.403 e. The van der Waals surface area contributed by atoms with E-state index in [2.05, 4.69) is 5.32 Å². The number of carbonyl (C=O) groups excluding carboxylic acids is 1. The van der Waals surface area contributed by atoms with Crippen LogP contribution in [0.5, 0.6) is 0 Å². The number of hydrogen-bond acceptors (Lipinski definition) is 5. The summed E-state index contributed by atoms with van der Waals surface area (Å²) in [6, 6.07) is 0. The quantitative estimate of drug-likeness (QED) is 0.430. The van der Waals surface area contributed by atoms with E-state index in [4.69, 9.17) is 11.6 Å². The van der Waals surface area contributed by atoms with Crippen molar-refractivity contribution in [1.82, 2.24) is 10.3 Å². The molecule has 0 aromatic rings. The highest BCUT2D eigenvalue weighted by Gasteiger charge is 2.04. The molecule has 5 N–H and O–H groups in total. The Hall–Kier alpha value is -1.07. The number of Topliss-reactive ketones (excluding diaryl/α,β-unsaturated/α-hetero) is 1. The molecule has 1 saturated heterocycles. The second-order valence-electron chi connectivity index (χ2n) is 2.80. The Balaban J connectivity index is 0. The molecule has 90 valence electrons. The van der Waals surface area contributed by atoms with Gasteiger partial charge in [0.05, 0.1) is 0 Å². The molecule has 1 fully saturated rings. The second-order valence-corrected chi connectivity index (χ2v) is 2.80. The molecule has 0 bridgehead atoms. The molecule has 0 aromatic heterocycles. The van der Waals surface area contributed by atoms with Gasteiger partial charge in [0.25, 0.3) is 0 Å². The maximum Gasteiger partial charge on any atom is 0.135 e. The van der Waals surface area contributed by atoms with Crippen LogP contribution >= 0.6 is 0 Å². The molecule has 0 unspecified atom stereocenters. The van der Waals surface area contributed by atoms with E-state index in [0.29, 0.717) is 5.78 Å². The van der Waals surface area contributed by atoms with E-state index in [9.17, 15) is 4.79 Å². The molecule has 0 aliphatic carbocycles. The van der Waals surface area contributed by atoms with Crippen LogP contribution in [0.1, 0.15) is 26.7 Å². The Morgan fingerprint density at radius 3 is 1.93 bits per heavy atom. The first kappa shape index (κ1) is 16.4. The number of piperidine rings is 1. The minimum Gasteiger partial charge on any atom is -0.403 e. The fraction of sp³-hybridized carbons (Fsp3) is 0.700. The molecule has 0 radical (unpaired) electrons. The third kappa shape index (κ3) is 15.7. The first-order valence-electron chi connectivity index (χ1n) is 5.25. The summed E-state index contributed by atoms with van der Waals surface area (Å²) in [5, 5.41) is 4.47. The van der Waals surface area contributed by atoms with Gasteiger partial charge in [-0.25, -0.2) is 5.84 Å². The lowest BCUT2D eigenvalue weighted by Gasteiger charge is -2.08. The molecule has 1 rings (SSSR count). The fourth-order valence-corrected chi connectivity index (χ4v) is 0.841. The van der Waals surface area contributed by atoms with Gasteiger partial charge in [-0.2, -0.15) is 0 Å². The zero-order valence-corrected chi connectivity index (χ0v) is 9.99. The molecule has 1 aliphatic rings. The minimum absolute atomic E-state index is 0.402. The Labute approximate surface area is 92.5 Å². The molecule has 5 heteroatoms. The third-order valence-corrected chi connectivity index (χ3v) is 1.48. The first-order chi connectivity index (χ1) is 7.16. The van der Waals surface area contributed by atoms with Crippen molar-refractivity contribution >= 4 is 5.78 Å². The zero-order valence-electron chi connectivity index (χ0n) is 9.99. The second kappa shape index (κ2) is 12.9. The average molecular weight is 216 g/mol. The summed E-state index contributed by atoms with van der Waals surface area (Å²) in [6.07, 6.45) is 4.40. The number of carbonyl (C=O) groups is 1. The van der Waals surface area contributed by atoms with Crippen LogP contribution in [-0.2, 0) is 4.79 Å². The number of nitrogens with two attached hydrogens (primary N) is 2. The molecule has 0 spiro atoms. The van der Waals surface area contributed by atoms with Crippen molar-refractivity contribution in [2.24, 2.45) is 11.6 Å². The van der Waals surface area contributed by atoms with Crippen molar-refractivity contribution in [2.45, 2.75) is 26.7 Å². The number of ketones is 1. The number of nitrogens with zero attached hydrogens (tertiary/aromatic N) is 1. The van der Waals surface area contributed by atoms with Gasteiger partial charge in [0.1, 0.15) is 5.78 Å². The molecule has 0 saturated carbocycles. The maximum atomic E-state index is 10.4. The predicted octanol–water partition coefficient (Wildman–Crippen LogP) is 0.187. The summed E-state index contributed by atoms with van der Waals surface area (Å²) < 4.78 is 0. The van der Waals surface area contributed by atoms with Crippen LogP contribution in [-0.4, -0.2) is 30.9 Å². The minimum atomic E-state index is 0.402. The van der Waals surface area contributed by atoms with Gasteiger partial charge in [-0.3, -0.25) is 4.79 Å². The van der Waals surface area contributed by atoms with Crippen molar-refractivity contribution in [2.75, 3.05) is 20.1 Å². The maximum absolute atomic E-state index is 10.4. The van der Waals surface area contributed by atoms with Crippen molar-refractivity contribution < 1.29 is 4.79 Å². The van der Waals surface area contributed by atoms with E-state index in [1.165, 1.54) is 11.2 Å². The van der Waals surface area contributed by atoms with Crippen LogP contribution in [0.25, 0.3) is 0 Å². The standard InChI is InChI=1S/C5H9NO.C3H9N3.C2H6/c7-5-1-3-6-4-2-5;1-6(5)3-2-4;1-2/h6H,1-4H2;2-3H,4-5H2,1H3;1-2H3/b;3-2-;. The normalized spacial score (nSPS) is 14.8. The summed E-state index contributed by atoms with van der Waals surface area (Å²) >= 11 is 0. The van der Waals surface area contributed by atoms with E-state index >= 15 is 0 Å². The predicted molar refractivity (Wildman–Crippen MR) is 63.7 cm³/mol. The van der Waals surface area contributed by atoms with E-state index in [1.54, 1.807) is 13.2 Å². The Morgan fingerprint density at radius 2 is 1.80 bits per heavy atom. The van der Waals surface area contributed by atoms with Crippen molar-refractivity contribution in [3.05, 3.63) is 12.4 Å². The highest BCUT2D eigenvalue weighted by molar-refractivity contribution is 5.79. The first-order valence-corrected chi connectivity index (χ1v) is 5.25. The lowest BCUT2D eigenvalue weighted by atomic mass is 10.1.